The highest BCUT2D eigenvalue weighted by atomic mass is 16.5. The summed E-state index contributed by atoms with van der Waals surface area (Å²) in [5.41, 5.74) is 5.35. The van der Waals surface area contributed by atoms with Gasteiger partial charge in [0.2, 0.25) is 5.78 Å². The number of carbonyl (C=O) groups excluding carboxylic acids is 2. The van der Waals surface area contributed by atoms with Crippen molar-refractivity contribution >= 4 is 22.7 Å². The molecular formula is C26H26N2O4. The van der Waals surface area contributed by atoms with Crippen LogP contribution in [0, 0.1) is 13.8 Å². The number of hydrogen-bond acceptors (Lipinski definition) is 4. The molecule has 0 fully saturated rings. The van der Waals surface area contributed by atoms with Gasteiger partial charge in [0.05, 0.1) is 7.11 Å². The van der Waals surface area contributed by atoms with E-state index in [0.717, 1.165) is 39.3 Å². The van der Waals surface area contributed by atoms with Crippen LogP contribution in [0.15, 0.2) is 60.8 Å². The van der Waals surface area contributed by atoms with Gasteiger partial charge < -0.3 is 19.0 Å². The average Bonchev–Trinajstić information content (AvgIpc) is 3.36. The van der Waals surface area contributed by atoms with Crippen LogP contribution in [0.2, 0.25) is 0 Å². The Kier molecular flexibility index (Phi) is 6.12. The molecule has 0 unspecified atom stereocenters. The van der Waals surface area contributed by atoms with Gasteiger partial charge in [-0.15, -0.1) is 0 Å². The van der Waals surface area contributed by atoms with Crippen LogP contribution in [-0.4, -0.2) is 35.0 Å². The van der Waals surface area contributed by atoms with Crippen LogP contribution in [0.4, 0.5) is 0 Å². The largest absolute Gasteiger partial charge is 0.497 e. The Morgan fingerprint density at radius 3 is 2.53 bits per heavy atom. The quantitative estimate of drug-likeness (QED) is 0.317. The molecule has 1 N–H and O–H groups in total. The SMILES string of the molecule is COc1ccc(-n2c(C)cc(C(=O)COC(=O)CCc3c[nH]c4ccccc34)c2C)cc1. The summed E-state index contributed by atoms with van der Waals surface area (Å²) in [4.78, 5) is 28.2. The predicted molar refractivity (Wildman–Crippen MR) is 124 cm³/mol. The van der Waals surface area contributed by atoms with Gasteiger partial charge in [-0.25, -0.2) is 0 Å². The second-order valence-electron chi connectivity index (χ2n) is 7.76. The molecule has 6 nitrogen and oxygen atoms in total. The molecule has 0 saturated heterocycles. The van der Waals surface area contributed by atoms with Gasteiger partial charge in [0.25, 0.3) is 0 Å². The minimum absolute atomic E-state index is 0.210. The van der Waals surface area contributed by atoms with Gasteiger partial charge in [-0.3, -0.25) is 9.59 Å². The highest BCUT2D eigenvalue weighted by Crippen LogP contribution is 2.23. The first-order valence-corrected chi connectivity index (χ1v) is 10.5. The molecule has 0 aliphatic carbocycles. The molecule has 0 atom stereocenters. The molecular weight excluding hydrogens is 404 g/mol. The summed E-state index contributed by atoms with van der Waals surface area (Å²) >= 11 is 0. The van der Waals surface area contributed by atoms with Crippen LogP contribution in [0.1, 0.15) is 33.7 Å². The fourth-order valence-electron chi connectivity index (χ4n) is 4.04. The second-order valence-corrected chi connectivity index (χ2v) is 7.76. The molecule has 0 saturated carbocycles. The van der Waals surface area contributed by atoms with E-state index in [1.54, 1.807) is 7.11 Å². The Morgan fingerprint density at radius 1 is 1.03 bits per heavy atom. The fraction of sp³-hybridized carbons (Fsp3) is 0.231. The highest BCUT2D eigenvalue weighted by molar-refractivity contribution is 5.99. The van der Waals surface area contributed by atoms with Gasteiger partial charge in [-0.05, 0) is 62.2 Å². The molecule has 0 radical (unpaired) electrons. The lowest BCUT2D eigenvalue weighted by Gasteiger charge is -2.11. The van der Waals surface area contributed by atoms with Gasteiger partial charge in [0, 0.05) is 46.2 Å². The van der Waals surface area contributed by atoms with Crippen LogP contribution in [0.25, 0.3) is 16.6 Å². The van der Waals surface area contributed by atoms with Gasteiger partial charge in [0.1, 0.15) is 5.75 Å². The molecule has 0 aliphatic rings. The van der Waals surface area contributed by atoms with Crippen molar-refractivity contribution in [2.24, 2.45) is 0 Å². The lowest BCUT2D eigenvalue weighted by Crippen LogP contribution is -2.15. The number of rotatable bonds is 8. The molecule has 0 amide bonds. The zero-order chi connectivity index (χ0) is 22.7. The molecule has 2 aromatic heterocycles. The summed E-state index contributed by atoms with van der Waals surface area (Å²) in [7, 11) is 1.62. The first kappa shape index (κ1) is 21.4. The fourth-order valence-corrected chi connectivity index (χ4v) is 4.04. The van der Waals surface area contributed by atoms with E-state index in [0.29, 0.717) is 12.0 Å². The number of benzene rings is 2. The maximum absolute atomic E-state index is 12.8. The third-order valence-electron chi connectivity index (χ3n) is 5.70. The average molecular weight is 431 g/mol. The monoisotopic (exact) mass is 430 g/mol. The molecule has 4 rings (SSSR count). The summed E-state index contributed by atoms with van der Waals surface area (Å²) in [5, 5.41) is 1.10. The van der Waals surface area contributed by atoms with E-state index in [2.05, 4.69) is 4.98 Å². The van der Waals surface area contributed by atoms with E-state index in [4.69, 9.17) is 9.47 Å². The summed E-state index contributed by atoms with van der Waals surface area (Å²) in [6, 6.07) is 17.4. The lowest BCUT2D eigenvalue weighted by atomic mass is 10.1. The zero-order valence-corrected chi connectivity index (χ0v) is 18.5. The van der Waals surface area contributed by atoms with Crippen molar-refractivity contribution in [1.82, 2.24) is 9.55 Å². The number of aromatic amines is 1. The highest BCUT2D eigenvalue weighted by Gasteiger charge is 2.18. The molecule has 0 aliphatic heterocycles. The number of nitrogens with one attached hydrogen (secondary N) is 1. The molecule has 2 aromatic carbocycles. The third kappa shape index (κ3) is 4.30. The molecule has 164 valence electrons. The minimum atomic E-state index is -0.382. The number of H-pyrrole nitrogens is 1. The van der Waals surface area contributed by atoms with E-state index in [1.807, 2.05) is 79.2 Å². The molecule has 4 aromatic rings. The number of para-hydroxylation sites is 1. The van der Waals surface area contributed by atoms with Crippen LogP contribution < -0.4 is 4.74 Å². The number of esters is 1. The number of ketones is 1. The van der Waals surface area contributed by atoms with Crippen molar-refractivity contribution < 1.29 is 19.1 Å². The van der Waals surface area contributed by atoms with E-state index < -0.39 is 0 Å². The summed E-state index contributed by atoms with van der Waals surface area (Å²) in [6.07, 6.45) is 2.69. The number of aromatic nitrogens is 2. The summed E-state index contributed by atoms with van der Waals surface area (Å²) < 4.78 is 12.5. The van der Waals surface area contributed by atoms with E-state index >= 15 is 0 Å². The standard InChI is InChI=1S/C26H26N2O4/c1-17-14-23(18(2)28(17)20-9-11-21(31-3)12-10-20)25(29)16-32-26(30)13-8-19-15-27-24-7-5-4-6-22(19)24/h4-7,9-12,14-15,27H,8,13,16H2,1-3H3. The number of hydrogen-bond donors (Lipinski definition) is 1. The van der Waals surface area contributed by atoms with Gasteiger partial charge in [-0.2, -0.15) is 0 Å². The molecule has 32 heavy (non-hydrogen) atoms. The molecule has 6 heteroatoms. The maximum Gasteiger partial charge on any atom is 0.306 e. The zero-order valence-electron chi connectivity index (χ0n) is 18.5. The van der Waals surface area contributed by atoms with Crippen LogP contribution >= 0.6 is 0 Å². The molecule has 0 bridgehead atoms. The Hall–Kier alpha value is -3.80. The Bertz CT molecular complexity index is 1260. The number of carbonyl (C=O) groups is 2. The van der Waals surface area contributed by atoms with Crippen molar-refractivity contribution in [3.05, 3.63) is 83.3 Å². The smallest absolute Gasteiger partial charge is 0.306 e. The number of nitrogens with zero attached hydrogens (tertiary/aromatic N) is 1. The van der Waals surface area contributed by atoms with E-state index in [-0.39, 0.29) is 24.8 Å². The van der Waals surface area contributed by atoms with E-state index in [9.17, 15) is 9.59 Å². The first-order valence-electron chi connectivity index (χ1n) is 10.5. The lowest BCUT2D eigenvalue weighted by molar-refractivity contribution is -0.142. The number of methoxy groups -OCH3 is 1. The Labute approximate surface area is 186 Å². The second kappa shape index (κ2) is 9.14. The third-order valence-corrected chi connectivity index (χ3v) is 5.70. The summed E-state index contributed by atoms with van der Waals surface area (Å²) in [5.74, 6) is 0.179. The molecule has 2 heterocycles. The van der Waals surface area contributed by atoms with Crippen molar-refractivity contribution in [1.29, 1.82) is 0 Å². The van der Waals surface area contributed by atoms with Gasteiger partial charge in [0.15, 0.2) is 6.61 Å². The van der Waals surface area contributed by atoms with Crippen molar-refractivity contribution in [2.75, 3.05) is 13.7 Å². The normalized spacial score (nSPS) is 11.0. The van der Waals surface area contributed by atoms with Crippen LogP contribution in [0.3, 0.4) is 0 Å². The first-order chi connectivity index (χ1) is 15.5. The number of Topliss-reactive ketones (excluding diaryl/α,β-unsaturated/α-hetero) is 1. The van der Waals surface area contributed by atoms with Crippen molar-refractivity contribution in [3.8, 4) is 11.4 Å². The van der Waals surface area contributed by atoms with Gasteiger partial charge >= 0.3 is 5.97 Å². The number of aryl methyl sites for hydroxylation is 2. The van der Waals surface area contributed by atoms with Crippen LogP contribution in [-0.2, 0) is 16.0 Å². The summed E-state index contributed by atoms with van der Waals surface area (Å²) in [6.45, 7) is 3.57. The predicted octanol–water partition coefficient (Wildman–Crippen LogP) is 4.94. The van der Waals surface area contributed by atoms with Crippen molar-refractivity contribution in [2.45, 2.75) is 26.7 Å². The minimum Gasteiger partial charge on any atom is -0.497 e. The van der Waals surface area contributed by atoms with Crippen LogP contribution in [0.5, 0.6) is 5.75 Å². The van der Waals surface area contributed by atoms with E-state index in [1.165, 1.54) is 0 Å². The number of ether oxygens (including phenoxy) is 2. The Balaban J connectivity index is 1.38. The topological polar surface area (TPSA) is 73.3 Å². The van der Waals surface area contributed by atoms with Crippen molar-refractivity contribution in [3.63, 3.8) is 0 Å². The molecule has 0 spiro atoms. The number of fused-ring (bicyclic) bond motifs is 1. The Morgan fingerprint density at radius 2 is 1.78 bits per heavy atom. The maximum atomic E-state index is 12.8. The van der Waals surface area contributed by atoms with Gasteiger partial charge in [-0.1, -0.05) is 18.2 Å².